The van der Waals surface area contributed by atoms with E-state index in [-0.39, 0.29) is 0 Å². The zero-order valence-corrected chi connectivity index (χ0v) is 11.1. The number of thioether (sulfide) groups is 1. The summed E-state index contributed by atoms with van der Waals surface area (Å²) in [5.74, 6) is 2.68. The van der Waals surface area contributed by atoms with Crippen molar-refractivity contribution in [1.82, 2.24) is 5.32 Å². The highest BCUT2D eigenvalue weighted by molar-refractivity contribution is 7.99. The van der Waals surface area contributed by atoms with Crippen LogP contribution in [0.1, 0.15) is 30.4 Å². The van der Waals surface area contributed by atoms with Gasteiger partial charge in [-0.15, -0.1) is 0 Å². The van der Waals surface area contributed by atoms with Gasteiger partial charge < -0.3 is 5.32 Å². The van der Waals surface area contributed by atoms with Gasteiger partial charge >= 0.3 is 0 Å². The smallest absolute Gasteiger partial charge is 0.0161 e. The van der Waals surface area contributed by atoms with E-state index in [1.54, 1.807) is 11.1 Å². The third-order valence-corrected chi connectivity index (χ3v) is 5.19. The van der Waals surface area contributed by atoms with Gasteiger partial charge in [-0.2, -0.15) is 11.8 Å². The van der Waals surface area contributed by atoms with Crippen LogP contribution in [-0.2, 0) is 12.8 Å². The molecule has 1 aliphatic carbocycles. The normalized spacial score (nSPS) is 28.7. The van der Waals surface area contributed by atoms with E-state index in [0.29, 0.717) is 6.04 Å². The first-order valence-electron chi connectivity index (χ1n) is 6.82. The summed E-state index contributed by atoms with van der Waals surface area (Å²) in [5.41, 5.74) is 3.14. The monoisotopic (exact) mass is 247 g/mol. The zero-order chi connectivity index (χ0) is 11.5. The average molecular weight is 247 g/mol. The standard InChI is InChI=1S/C15H21NS/c1-2-5-13-10-14(8-7-12(13)4-1)16-15-6-3-9-17-11-15/h1-2,4-5,14-16H,3,6-11H2. The molecule has 0 amide bonds. The van der Waals surface area contributed by atoms with Crippen LogP contribution >= 0.6 is 11.8 Å². The van der Waals surface area contributed by atoms with Gasteiger partial charge in [-0.05, 0) is 49.0 Å². The Balaban J connectivity index is 1.60. The number of rotatable bonds is 2. The molecule has 92 valence electrons. The van der Waals surface area contributed by atoms with Gasteiger partial charge in [0.05, 0.1) is 0 Å². The highest BCUT2D eigenvalue weighted by Gasteiger charge is 2.22. The molecule has 0 bridgehead atoms. The Morgan fingerprint density at radius 1 is 1.06 bits per heavy atom. The predicted octanol–water partition coefficient (Wildman–Crippen LogP) is 3.03. The van der Waals surface area contributed by atoms with Crippen molar-refractivity contribution in [3.63, 3.8) is 0 Å². The van der Waals surface area contributed by atoms with E-state index in [1.165, 1.54) is 43.6 Å². The lowest BCUT2D eigenvalue weighted by molar-refractivity contribution is 0.392. The molecule has 17 heavy (non-hydrogen) atoms. The van der Waals surface area contributed by atoms with Crippen molar-refractivity contribution in [3.8, 4) is 0 Å². The highest BCUT2D eigenvalue weighted by atomic mass is 32.2. The molecule has 1 nitrogen and oxygen atoms in total. The third-order valence-electron chi connectivity index (χ3n) is 3.98. The maximum atomic E-state index is 3.88. The summed E-state index contributed by atoms with van der Waals surface area (Å²) in [5, 5.41) is 3.88. The van der Waals surface area contributed by atoms with Crippen LogP contribution in [0.4, 0.5) is 0 Å². The summed E-state index contributed by atoms with van der Waals surface area (Å²) in [6, 6.07) is 10.4. The van der Waals surface area contributed by atoms with Crippen molar-refractivity contribution >= 4 is 11.8 Å². The maximum Gasteiger partial charge on any atom is 0.0161 e. The van der Waals surface area contributed by atoms with E-state index in [4.69, 9.17) is 0 Å². The second kappa shape index (κ2) is 5.45. The van der Waals surface area contributed by atoms with Crippen LogP contribution in [0.15, 0.2) is 24.3 Å². The summed E-state index contributed by atoms with van der Waals surface area (Å²) >= 11 is 2.11. The highest BCUT2D eigenvalue weighted by Crippen LogP contribution is 2.23. The molecule has 2 heteroatoms. The quantitative estimate of drug-likeness (QED) is 0.862. The van der Waals surface area contributed by atoms with Gasteiger partial charge in [0, 0.05) is 17.8 Å². The van der Waals surface area contributed by atoms with Crippen LogP contribution in [0.3, 0.4) is 0 Å². The van der Waals surface area contributed by atoms with Crippen LogP contribution in [0.5, 0.6) is 0 Å². The molecule has 1 aromatic rings. The Hall–Kier alpha value is -0.470. The summed E-state index contributed by atoms with van der Waals surface area (Å²) in [4.78, 5) is 0. The molecule has 2 aliphatic rings. The van der Waals surface area contributed by atoms with E-state index >= 15 is 0 Å². The molecule has 3 rings (SSSR count). The first-order valence-corrected chi connectivity index (χ1v) is 7.98. The van der Waals surface area contributed by atoms with Crippen LogP contribution in [0.2, 0.25) is 0 Å². The number of aryl methyl sites for hydroxylation is 1. The molecule has 1 aromatic carbocycles. The van der Waals surface area contributed by atoms with Gasteiger partial charge in [-0.1, -0.05) is 24.3 Å². The largest absolute Gasteiger partial charge is 0.310 e. The molecule has 1 saturated heterocycles. The minimum atomic E-state index is 0.716. The number of fused-ring (bicyclic) bond motifs is 1. The Labute approximate surface area is 108 Å². The SMILES string of the molecule is c1ccc2c(c1)CCC(NC1CCCSC1)C2. The Bertz CT molecular complexity index is 371. The molecular weight excluding hydrogens is 226 g/mol. The van der Waals surface area contributed by atoms with E-state index in [9.17, 15) is 0 Å². The van der Waals surface area contributed by atoms with Gasteiger partial charge in [0.2, 0.25) is 0 Å². The van der Waals surface area contributed by atoms with Gasteiger partial charge in [0.25, 0.3) is 0 Å². The first-order chi connectivity index (χ1) is 8.42. The van der Waals surface area contributed by atoms with Crippen molar-refractivity contribution in [3.05, 3.63) is 35.4 Å². The molecule has 0 spiro atoms. The van der Waals surface area contributed by atoms with Crippen molar-refractivity contribution < 1.29 is 0 Å². The van der Waals surface area contributed by atoms with Gasteiger partial charge in [0.1, 0.15) is 0 Å². The van der Waals surface area contributed by atoms with E-state index in [0.717, 1.165) is 6.04 Å². The summed E-state index contributed by atoms with van der Waals surface area (Å²) in [6.45, 7) is 0. The molecule has 1 fully saturated rings. The molecular formula is C15H21NS. The fraction of sp³-hybridized carbons (Fsp3) is 0.600. The van der Waals surface area contributed by atoms with Crippen LogP contribution in [0, 0.1) is 0 Å². The van der Waals surface area contributed by atoms with E-state index in [2.05, 4.69) is 41.3 Å². The molecule has 1 heterocycles. The second-order valence-electron chi connectivity index (χ2n) is 5.29. The lowest BCUT2D eigenvalue weighted by atomic mass is 9.88. The third kappa shape index (κ3) is 2.86. The number of hydrogen-bond acceptors (Lipinski definition) is 2. The fourth-order valence-electron chi connectivity index (χ4n) is 3.05. The molecule has 1 aliphatic heterocycles. The van der Waals surface area contributed by atoms with Gasteiger partial charge in [-0.3, -0.25) is 0 Å². The zero-order valence-electron chi connectivity index (χ0n) is 10.3. The van der Waals surface area contributed by atoms with E-state index < -0.39 is 0 Å². The maximum absolute atomic E-state index is 3.88. The molecule has 2 unspecified atom stereocenters. The summed E-state index contributed by atoms with van der Waals surface area (Å²) in [7, 11) is 0. The van der Waals surface area contributed by atoms with Crippen LogP contribution < -0.4 is 5.32 Å². The molecule has 0 radical (unpaired) electrons. The number of nitrogens with one attached hydrogen (secondary N) is 1. The lowest BCUT2D eigenvalue weighted by Gasteiger charge is -2.31. The minimum Gasteiger partial charge on any atom is -0.310 e. The van der Waals surface area contributed by atoms with Gasteiger partial charge in [0.15, 0.2) is 0 Å². The summed E-state index contributed by atoms with van der Waals surface area (Å²) < 4.78 is 0. The fourth-order valence-corrected chi connectivity index (χ4v) is 4.13. The van der Waals surface area contributed by atoms with Crippen molar-refractivity contribution in [2.75, 3.05) is 11.5 Å². The Morgan fingerprint density at radius 2 is 1.94 bits per heavy atom. The molecule has 1 N–H and O–H groups in total. The first kappa shape index (κ1) is 11.6. The molecule has 2 atom stereocenters. The second-order valence-corrected chi connectivity index (χ2v) is 6.44. The number of hydrogen-bond donors (Lipinski definition) is 1. The average Bonchev–Trinajstić information content (AvgIpc) is 2.40. The Kier molecular flexibility index (Phi) is 3.72. The number of benzene rings is 1. The van der Waals surface area contributed by atoms with Crippen LogP contribution in [-0.4, -0.2) is 23.6 Å². The Morgan fingerprint density at radius 3 is 2.76 bits per heavy atom. The topological polar surface area (TPSA) is 12.0 Å². The van der Waals surface area contributed by atoms with Gasteiger partial charge in [-0.25, -0.2) is 0 Å². The summed E-state index contributed by atoms with van der Waals surface area (Å²) in [6.07, 6.45) is 6.58. The van der Waals surface area contributed by atoms with Crippen molar-refractivity contribution in [1.29, 1.82) is 0 Å². The predicted molar refractivity (Wildman–Crippen MR) is 75.7 cm³/mol. The molecule has 0 saturated carbocycles. The van der Waals surface area contributed by atoms with E-state index in [1.807, 2.05) is 0 Å². The molecule has 0 aromatic heterocycles. The van der Waals surface area contributed by atoms with Crippen LogP contribution in [0.25, 0.3) is 0 Å². The van der Waals surface area contributed by atoms with Crippen molar-refractivity contribution in [2.45, 2.75) is 44.2 Å². The van der Waals surface area contributed by atoms with Crippen molar-refractivity contribution in [2.24, 2.45) is 0 Å². The minimum absolute atomic E-state index is 0.716. The lowest BCUT2D eigenvalue weighted by Crippen LogP contribution is -2.43.